The number of aromatic nitrogens is 2. The van der Waals surface area contributed by atoms with Crippen LogP contribution in [-0.2, 0) is 17.2 Å². The van der Waals surface area contributed by atoms with Crippen molar-refractivity contribution in [3.8, 4) is 0 Å². The average Bonchev–Trinajstić information content (AvgIpc) is 3.36. The van der Waals surface area contributed by atoms with Crippen LogP contribution in [0, 0.1) is 11.8 Å². The van der Waals surface area contributed by atoms with E-state index in [2.05, 4.69) is 22.3 Å². The van der Waals surface area contributed by atoms with Crippen LogP contribution in [0.5, 0.6) is 0 Å². The first-order chi connectivity index (χ1) is 16.0. The van der Waals surface area contributed by atoms with E-state index in [0.29, 0.717) is 29.3 Å². The van der Waals surface area contributed by atoms with Gasteiger partial charge in [-0.15, -0.1) is 0 Å². The van der Waals surface area contributed by atoms with E-state index >= 15 is 0 Å². The third-order valence-corrected chi connectivity index (χ3v) is 10.1. The van der Waals surface area contributed by atoms with Gasteiger partial charge in [-0.3, -0.25) is 4.21 Å². The van der Waals surface area contributed by atoms with Gasteiger partial charge in [0.1, 0.15) is 10.7 Å². The van der Waals surface area contributed by atoms with Crippen molar-refractivity contribution in [2.75, 3.05) is 35.7 Å². The summed E-state index contributed by atoms with van der Waals surface area (Å²) in [5, 5.41) is 14.3. The molecule has 1 aromatic heterocycles. The van der Waals surface area contributed by atoms with Crippen molar-refractivity contribution in [2.24, 2.45) is 11.8 Å². The molecule has 6 rings (SSSR count). The Kier molecular flexibility index (Phi) is 5.62. The van der Waals surface area contributed by atoms with Gasteiger partial charge in [-0.05, 0) is 80.4 Å². The number of hydrogen-bond donors (Lipinski definition) is 2. The first kappa shape index (κ1) is 21.8. The topological polar surface area (TPSA) is 78.4 Å². The summed E-state index contributed by atoms with van der Waals surface area (Å²) in [4.78, 5) is 13.0. The summed E-state index contributed by atoms with van der Waals surface area (Å²) < 4.78 is 12.9. The second-order valence-electron chi connectivity index (χ2n) is 10.4. The van der Waals surface area contributed by atoms with Crippen LogP contribution in [0.4, 0.5) is 11.8 Å². The summed E-state index contributed by atoms with van der Waals surface area (Å²) in [5.74, 6) is 4.01. The number of anilines is 2. The van der Waals surface area contributed by atoms with E-state index in [-0.39, 0.29) is 12.1 Å². The fourth-order valence-electron chi connectivity index (χ4n) is 6.24. The fourth-order valence-corrected chi connectivity index (χ4v) is 7.70. The highest BCUT2D eigenvalue weighted by Gasteiger charge is 2.43. The second-order valence-corrected chi connectivity index (χ2v) is 12.3. The van der Waals surface area contributed by atoms with Gasteiger partial charge in [0.25, 0.3) is 0 Å². The van der Waals surface area contributed by atoms with Crippen molar-refractivity contribution in [3.05, 3.63) is 40.5 Å². The molecule has 1 aromatic carbocycles. The summed E-state index contributed by atoms with van der Waals surface area (Å²) in [6.07, 6.45) is 7.06. The van der Waals surface area contributed by atoms with Crippen molar-refractivity contribution in [2.45, 2.75) is 61.3 Å². The number of rotatable bonds is 5. The number of benzene rings is 1. The van der Waals surface area contributed by atoms with Gasteiger partial charge in [0.15, 0.2) is 0 Å². The van der Waals surface area contributed by atoms with Gasteiger partial charge in [0.2, 0.25) is 5.95 Å². The number of nitrogens with zero attached hydrogens (tertiary/aromatic N) is 3. The molecule has 8 heteroatoms. The van der Waals surface area contributed by atoms with Crippen LogP contribution in [0.3, 0.4) is 0 Å². The van der Waals surface area contributed by atoms with Gasteiger partial charge in [-0.1, -0.05) is 23.7 Å². The van der Waals surface area contributed by atoms with Crippen molar-refractivity contribution in [1.29, 1.82) is 0 Å². The largest absolute Gasteiger partial charge is 0.394 e. The number of nitrogens with one attached hydrogen (secondary N) is 1. The lowest BCUT2D eigenvalue weighted by Gasteiger charge is -2.42. The molecular formula is C25H31ClN4O2S. The molecule has 6 nitrogen and oxygen atoms in total. The van der Waals surface area contributed by atoms with Gasteiger partial charge in [0, 0.05) is 23.9 Å². The zero-order valence-electron chi connectivity index (χ0n) is 18.8. The van der Waals surface area contributed by atoms with Crippen molar-refractivity contribution in [1.82, 2.24) is 9.97 Å². The zero-order valence-corrected chi connectivity index (χ0v) is 20.4. The fraction of sp³-hybridized carbons (Fsp3) is 0.600. The number of aliphatic hydroxyl groups is 1. The van der Waals surface area contributed by atoms with Crippen LogP contribution in [0.25, 0.3) is 0 Å². The Morgan fingerprint density at radius 1 is 1.12 bits per heavy atom. The zero-order chi connectivity index (χ0) is 22.6. The highest BCUT2D eigenvalue weighted by atomic mass is 35.5. The summed E-state index contributed by atoms with van der Waals surface area (Å²) in [7, 11) is -1.08. The lowest BCUT2D eigenvalue weighted by atomic mass is 9.77. The molecule has 3 fully saturated rings. The molecule has 4 aliphatic rings. The third kappa shape index (κ3) is 3.96. The maximum absolute atomic E-state index is 12.9. The van der Waals surface area contributed by atoms with Crippen LogP contribution in [-0.4, -0.2) is 50.3 Å². The predicted molar refractivity (Wildman–Crippen MR) is 132 cm³/mol. The van der Waals surface area contributed by atoms with Crippen molar-refractivity contribution in [3.63, 3.8) is 0 Å². The predicted octanol–water partition coefficient (Wildman–Crippen LogP) is 4.14. The first-order valence-electron chi connectivity index (χ1n) is 12.2. The molecule has 0 radical (unpaired) electrons. The minimum Gasteiger partial charge on any atom is -0.394 e. The van der Waals surface area contributed by atoms with E-state index in [1.165, 1.54) is 18.4 Å². The number of aliphatic hydroxyl groups excluding tert-OH is 1. The molecule has 2 aliphatic heterocycles. The maximum atomic E-state index is 12.9. The molecule has 2 saturated carbocycles. The minimum absolute atomic E-state index is 0.0771. The summed E-state index contributed by atoms with van der Waals surface area (Å²) in [5.41, 5.74) is 2.00. The van der Waals surface area contributed by atoms with Gasteiger partial charge >= 0.3 is 0 Å². The molecule has 33 heavy (non-hydrogen) atoms. The van der Waals surface area contributed by atoms with E-state index in [1.54, 1.807) is 0 Å². The molecule has 3 heterocycles. The molecule has 2 N–H and O–H groups in total. The summed E-state index contributed by atoms with van der Waals surface area (Å²) >= 11 is 6.08. The lowest BCUT2D eigenvalue weighted by Crippen LogP contribution is -2.49. The lowest BCUT2D eigenvalue weighted by molar-refractivity contribution is 0.143. The van der Waals surface area contributed by atoms with E-state index in [4.69, 9.17) is 21.6 Å². The molecule has 0 spiro atoms. The Hall–Kier alpha value is -1.70. The molecule has 0 amide bonds. The number of halogens is 1. The molecule has 2 aliphatic carbocycles. The van der Waals surface area contributed by atoms with Gasteiger partial charge in [-0.2, -0.15) is 4.98 Å². The van der Waals surface area contributed by atoms with Crippen LogP contribution in [0.1, 0.15) is 55.7 Å². The van der Waals surface area contributed by atoms with Gasteiger partial charge < -0.3 is 15.3 Å². The van der Waals surface area contributed by atoms with Crippen LogP contribution >= 0.6 is 11.6 Å². The second kappa shape index (κ2) is 8.51. The molecule has 3 unspecified atom stereocenters. The van der Waals surface area contributed by atoms with Crippen molar-refractivity contribution >= 4 is 34.2 Å². The standard InChI is InChI=1S/C25H31ClN4O2S/c26-20-6-4-16(5-7-20)17-11-18-13-30(14-19(18)12-17)24-27-21-3-1-10-33(32)22(21)23(28-24)29-25(15-31)8-2-9-25/h4-7,17-19,31H,1-3,8-15H2,(H,27,28,29). The SMILES string of the molecule is O=S1CCCc2nc(N3CC4CC(c5ccc(Cl)cc5)CC4C3)nc(NC3(CO)CCC3)c21. The Balaban J connectivity index is 1.24. The Morgan fingerprint density at radius 2 is 1.85 bits per heavy atom. The first-order valence-corrected chi connectivity index (χ1v) is 13.9. The summed E-state index contributed by atoms with van der Waals surface area (Å²) in [6.45, 7) is 2.02. The molecule has 1 saturated heterocycles. The number of aryl methyl sites for hydroxylation is 1. The molecule has 3 atom stereocenters. The Bertz CT molecular complexity index is 1060. The van der Waals surface area contributed by atoms with E-state index in [1.807, 2.05) is 12.1 Å². The summed E-state index contributed by atoms with van der Waals surface area (Å²) in [6, 6.07) is 8.35. The van der Waals surface area contributed by atoms with E-state index in [9.17, 15) is 9.32 Å². The van der Waals surface area contributed by atoms with Crippen LogP contribution in [0.15, 0.2) is 29.2 Å². The van der Waals surface area contributed by atoms with Crippen LogP contribution in [0.2, 0.25) is 5.02 Å². The monoisotopic (exact) mass is 486 g/mol. The Morgan fingerprint density at radius 3 is 2.48 bits per heavy atom. The normalized spacial score (nSPS) is 29.9. The highest BCUT2D eigenvalue weighted by molar-refractivity contribution is 7.85. The number of fused-ring (bicyclic) bond motifs is 2. The smallest absolute Gasteiger partial charge is 0.227 e. The number of hydrogen-bond acceptors (Lipinski definition) is 6. The van der Waals surface area contributed by atoms with Gasteiger partial charge in [-0.25, -0.2) is 4.98 Å². The molecule has 0 bridgehead atoms. The van der Waals surface area contributed by atoms with E-state index < -0.39 is 10.8 Å². The average molecular weight is 487 g/mol. The molecule has 176 valence electrons. The van der Waals surface area contributed by atoms with Crippen LogP contribution < -0.4 is 10.2 Å². The highest BCUT2D eigenvalue weighted by Crippen LogP contribution is 2.47. The van der Waals surface area contributed by atoms with Gasteiger partial charge in [0.05, 0.1) is 28.6 Å². The molecular weight excluding hydrogens is 456 g/mol. The van der Waals surface area contributed by atoms with Crippen molar-refractivity contribution < 1.29 is 9.32 Å². The maximum Gasteiger partial charge on any atom is 0.227 e. The molecule has 2 aromatic rings. The minimum atomic E-state index is -1.08. The van der Waals surface area contributed by atoms with E-state index in [0.717, 1.165) is 66.8 Å². The quantitative estimate of drug-likeness (QED) is 0.661. The third-order valence-electron chi connectivity index (χ3n) is 8.27. The Labute approximate surface area is 202 Å².